The number of carbonyl (C=O) groups is 2. The lowest BCUT2D eigenvalue weighted by Gasteiger charge is -2.19. The number of carbonyl (C=O) groups excluding carboxylic acids is 2. The minimum atomic E-state index is -0.884. The number of nitrogens with zero attached hydrogens (tertiary/aromatic N) is 3. The first-order valence-electron chi connectivity index (χ1n) is 10.7. The molecule has 2 heterocycles. The second-order valence-electron chi connectivity index (χ2n) is 7.57. The number of rotatable bonds is 10. The average molecular weight is 500 g/mol. The van der Waals surface area contributed by atoms with Gasteiger partial charge in [0.05, 0.1) is 31.0 Å². The van der Waals surface area contributed by atoms with Crippen LogP contribution >= 0.6 is 11.6 Å². The van der Waals surface area contributed by atoms with Crippen LogP contribution in [0.1, 0.15) is 15.9 Å². The molecule has 10 nitrogen and oxygen atoms in total. The van der Waals surface area contributed by atoms with Crippen LogP contribution < -0.4 is 20.9 Å². The molecule has 2 N–H and O–H groups in total. The van der Waals surface area contributed by atoms with Gasteiger partial charge < -0.3 is 20.1 Å². The maximum absolute atomic E-state index is 12.8. The molecule has 184 valence electrons. The number of nitrogens with one attached hydrogen (secondary N) is 2. The van der Waals surface area contributed by atoms with Gasteiger partial charge >= 0.3 is 0 Å². The third kappa shape index (κ3) is 6.43. The predicted molar refractivity (Wildman–Crippen MR) is 131 cm³/mol. The van der Waals surface area contributed by atoms with Crippen molar-refractivity contribution in [3.63, 3.8) is 0 Å². The molecule has 0 aliphatic rings. The van der Waals surface area contributed by atoms with Crippen molar-refractivity contribution in [3.8, 4) is 16.9 Å². The average Bonchev–Trinajstić information content (AvgIpc) is 2.86. The summed E-state index contributed by atoms with van der Waals surface area (Å²) in [4.78, 5) is 42.1. The lowest BCUT2D eigenvalue weighted by atomic mass is 10.0. The first kappa shape index (κ1) is 25.9. The minimum absolute atomic E-state index is 0.0424. The summed E-state index contributed by atoms with van der Waals surface area (Å²) in [5, 5.41) is 9.49. The van der Waals surface area contributed by atoms with Crippen LogP contribution in [-0.2, 0) is 23.0 Å². The van der Waals surface area contributed by atoms with Gasteiger partial charge in [0.15, 0.2) is 5.75 Å². The molecule has 0 spiro atoms. The number of methoxy groups -OCH3 is 2. The Hall–Kier alpha value is -3.76. The first-order chi connectivity index (χ1) is 16.8. The van der Waals surface area contributed by atoms with Gasteiger partial charge in [-0.25, -0.2) is 9.67 Å². The maximum atomic E-state index is 12.8. The van der Waals surface area contributed by atoms with Crippen molar-refractivity contribution in [3.05, 3.63) is 75.4 Å². The van der Waals surface area contributed by atoms with Crippen LogP contribution in [-0.4, -0.2) is 60.0 Å². The Morgan fingerprint density at radius 1 is 1.17 bits per heavy atom. The van der Waals surface area contributed by atoms with Crippen LogP contribution in [0.15, 0.2) is 53.6 Å². The molecule has 35 heavy (non-hydrogen) atoms. The summed E-state index contributed by atoms with van der Waals surface area (Å²) in [7, 11) is 4.56. The largest absolute Gasteiger partial charge is 0.494 e. The highest BCUT2D eigenvalue weighted by atomic mass is 35.5. The van der Waals surface area contributed by atoms with Gasteiger partial charge in [-0.1, -0.05) is 35.9 Å². The Bertz CT molecular complexity index is 1250. The molecule has 0 fully saturated rings. The monoisotopic (exact) mass is 499 g/mol. The first-order valence-corrected chi connectivity index (χ1v) is 11.1. The quantitative estimate of drug-likeness (QED) is 0.321. The molecule has 0 radical (unpaired) electrons. The van der Waals surface area contributed by atoms with E-state index in [2.05, 4.69) is 20.7 Å². The van der Waals surface area contributed by atoms with Gasteiger partial charge in [-0.3, -0.25) is 14.4 Å². The molecule has 3 aromatic rings. The van der Waals surface area contributed by atoms with Crippen LogP contribution in [0.25, 0.3) is 11.1 Å². The normalized spacial score (nSPS) is 11.5. The summed E-state index contributed by atoms with van der Waals surface area (Å²) in [6, 6.07) is 9.32. The lowest BCUT2D eigenvalue weighted by Crippen LogP contribution is -2.48. The van der Waals surface area contributed by atoms with Crippen LogP contribution in [0.4, 0.5) is 0 Å². The number of ether oxygens (including phenoxy) is 2. The molecule has 0 bridgehead atoms. The fourth-order valence-corrected chi connectivity index (χ4v) is 3.59. The van der Waals surface area contributed by atoms with Crippen LogP contribution in [0.2, 0.25) is 5.15 Å². The molecule has 0 aliphatic heterocycles. The van der Waals surface area contributed by atoms with Crippen molar-refractivity contribution in [1.29, 1.82) is 0 Å². The fourth-order valence-electron chi connectivity index (χ4n) is 3.39. The van der Waals surface area contributed by atoms with E-state index in [4.69, 9.17) is 21.1 Å². The van der Waals surface area contributed by atoms with Crippen molar-refractivity contribution >= 4 is 23.4 Å². The zero-order chi connectivity index (χ0) is 25.4. The van der Waals surface area contributed by atoms with Gasteiger partial charge in [0.2, 0.25) is 5.91 Å². The molecule has 0 unspecified atom stereocenters. The summed E-state index contributed by atoms with van der Waals surface area (Å²) in [5.74, 6) is -0.530. The van der Waals surface area contributed by atoms with Crippen molar-refractivity contribution in [1.82, 2.24) is 25.4 Å². The standard InChI is InChI=1S/C24H26ClN5O5/c1-30-24(33)20(19(35-3)14-28-30)16-8-6-15(7-9-16)13-18(23(32)27-11-12-34-2)29-22(31)17-5-4-10-26-21(17)25/h4-10,14,18H,11-13H2,1-3H3,(H,27,32)(H,29,31)/t18-/m0/s1. The molecule has 0 aliphatic carbocycles. The summed E-state index contributed by atoms with van der Waals surface area (Å²) in [5.41, 5.74) is 1.65. The third-order valence-electron chi connectivity index (χ3n) is 5.24. The highest BCUT2D eigenvalue weighted by Gasteiger charge is 2.23. The molecule has 2 amide bonds. The molecule has 2 aromatic heterocycles. The van der Waals surface area contributed by atoms with E-state index in [0.717, 1.165) is 5.56 Å². The highest BCUT2D eigenvalue weighted by molar-refractivity contribution is 6.32. The second-order valence-corrected chi connectivity index (χ2v) is 7.93. The lowest BCUT2D eigenvalue weighted by molar-refractivity contribution is -0.123. The molecule has 11 heteroatoms. The number of amides is 2. The summed E-state index contributed by atoms with van der Waals surface area (Å²) >= 11 is 6.04. The second kappa shape index (κ2) is 12.1. The minimum Gasteiger partial charge on any atom is -0.494 e. The SMILES string of the molecule is COCCNC(=O)[C@H](Cc1ccc(-c2c(OC)cnn(C)c2=O)cc1)NC(=O)c1cccnc1Cl. The van der Waals surface area contributed by atoms with E-state index in [1.807, 2.05) is 0 Å². The van der Waals surface area contributed by atoms with Gasteiger partial charge in [0.1, 0.15) is 11.2 Å². The highest BCUT2D eigenvalue weighted by Crippen LogP contribution is 2.25. The van der Waals surface area contributed by atoms with E-state index in [1.54, 1.807) is 37.4 Å². The Labute approximate surface area is 207 Å². The van der Waals surface area contributed by atoms with Crippen LogP contribution in [0.5, 0.6) is 5.75 Å². The molecule has 3 rings (SSSR count). The molecular weight excluding hydrogens is 474 g/mol. The summed E-state index contributed by atoms with van der Waals surface area (Å²) in [6.45, 7) is 0.623. The van der Waals surface area contributed by atoms with Crippen LogP contribution in [0, 0.1) is 0 Å². The van der Waals surface area contributed by atoms with Gasteiger partial charge in [-0.2, -0.15) is 5.10 Å². The Kier molecular flexibility index (Phi) is 8.93. The maximum Gasteiger partial charge on any atom is 0.278 e. The number of aromatic nitrogens is 3. The topological polar surface area (TPSA) is 124 Å². The number of halogens is 1. The Morgan fingerprint density at radius 2 is 1.91 bits per heavy atom. The molecule has 1 atom stereocenters. The zero-order valence-corrected chi connectivity index (χ0v) is 20.3. The van der Waals surface area contributed by atoms with Crippen molar-refractivity contribution in [2.24, 2.45) is 7.05 Å². The van der Waals surface area contributed by atoms with Gasteiger partial charge in [-0.05, 0) is 23.3 Å². The number of hydrogen-bond acceptors (Lipinski definition) is 7. The summed E-state index contributed by atoms with van der Waals surface area (Å²) < 4.78 is 11.5. The number of benzene rings is 1. The predicted octanol–water partition coefficient (Wildman–Crippen LogP) is 1.61. The van der Waals surface area contributed by atoms with E-state index in [0.29, 0.717) is 30.0 Å². The fraction of sp³-hybridized carbons (Fsp3) is 0.292. The smallest absolute Gasteiger partial charge is 0.278 e. The molecular formula is C24H26ClN5O5. The van der Waals surface area contributed by atoms with Gasteiger partial charge in [-0.15, -0.1) is 0 Å². The van der Waals surface area contributed by atoms with E-state index >= 15 is 0 Å². The molecule has 0 saturated heterocycles. The van der Waals surface area contributed by atoms with Crippen molar-refractivity contribution in [2.75, 3.05) is 27.4 Å². The van der Waals surface area contributed by atoms with E-state index < -0.39 is 11.9 Å². The molecule has 0 saturated carbocycles. The van der Waals surface area contributed by atoms with Crippen LogP contribution in [0.3, 0.4) is 0 Å². The summed E-state index contributed by atoms with van der Waals surface area (Å²) in [6.07, 6.45) is 3.15. The molecule has 1 aromatic carbocycles. The Balaban J connectivity index is 1.84. The third-order valence-corrected chi connectivity index (χ3v) is 5.54. The Morgan fingerprint density at radius 3 is 2.57 bits per heavy atom. The van der Waals surface area contributed by atoms with Gasteiger partial charge in [0, 0.05) is 33.3 Å². The van der Waals surface area contributed by atoms with Gasteiger partial charge in [0.25, 0.3) is 11.5 Å². The van der Waals surface area contributed by atoms with Crippen molar-refractivity contribution < 1.29 is 19.1 Å². The van der Waals surface area contributed by atoms with E-state index in [1.165, 1.54) is 37.4 Å². The van der Waals surface area contributed by atoms with E-state index in [-0.39, 0.29) is 28.6 Å². The number of pyridine rings is 1. The van der Waals surface area contributed by atoms with E-state index in [9.17, 15) is 14.4 Å². The van der Waals surface area contributed by atoms with Crippen molar-refractivity contribution in [2.45, 2.75) is 12.5 Å². The number of aryl methyl sites for hydroxylation is 1. The number of hydrogen-bond donors (Lipinski definition) is 2. The zero-order valence-electron chi connectivity index (χ0n) is 19.6.